The van der Waals surface area contributed by atoms with E-state index in [0.717, 1.165) is 18.1 Å². The van der Waals surface area contributed by atoms with E-state index >= 15 is 0 Å². The van der Waals surface area contributed by atoms with Crippen LogP contribution in [0.2, 0.25) is 0 Å². The molecule has 1 aromatic carbocycles. The molecule has 1 aliphatic carbocycles. The van der Waals surface area contributed by atoms with Crippen molar-refractivity contribution in [1.82, 2.24) is 9.55 Å². The molecule has 106 valence electrons. The second-order valence-electron chi connectivity index (χ2n) is 5.67. The van der Waals surface area contributed by atoms with Crippen LogP contribution in [0.15, 0.2) is 36.7 Å². The van der Waals surface area contributed by atoms with E-state index in [1.807, 2.05) is 6.20 Å². The van der Waals surface area contributed by atoms with Crippen molar-refractivity contribution < 1.29 is 0 Å². The molecule has 0 radical (unpaired) electrons. The number of nitrogens with one attached hydrogen (secondary N) is 1. The number of aryl methyl sites for hydroxylation is 1. The molecule has 1 fully saturated rings. The molecular weight excluding hydrogens is 246 g/mol. The van der Waals surface area contributed by atoms with Crippen LogP contribution in [0.1, 0.15) is 50.6 Å². The van der Waals surface area contributed by atoms with E-state index in [4.69, 9.17) is 0 Å². The van der Waals surface area contributed by atoms with Gasteiger partial charge in [-0.1, -0.05) is 38.3 Å². The number of rotatable bonds is 5. The quantitative estimate of drug-likeness (QED) is 0.853. The first-order valence-corrected chi connectivity index (χ1v) is 7.75. The molecule has 1 heterocycles. The lowest BCUT2D eigenvalue weighted by Gasteiger charge is -2.15. The highest BCUT2D eigenvalue weighted by Crippen LogP contribution is 2.32. The summed E-state index contributed by atoms with van der Waals surface area (Å²) in [6, 6.07) is 9.33. The third-order valence-electron chi connectivity index (χ3n) is 4.14. The fourth-order valence-corrected chi connectivity index (χ4v) is 3.06. The van der Waals surface area contributed by atoms with E-state index in [-0.39, 0.29) is 0 Å². The van der Waals surface area contributed by atoms with Crippen molar-refractivity contribution in [3.63, 3.8) is 0 Å². The van der Waals surface area contributed by atoms with Gasteiger partial charge in [-0.05, 0) is 37.0 Å². The zero-order valence-electron chi connectivity index (χ0n) is 12.2. The highest BCUT2D eigenvalue weighted by atomic mass is 15.2. The Morgan fingerprint density at radius 3 is 2.65 bits per heavy atom. The number of hydrogen-bond donors (Lipinski definition) is 1. The normalized spacial score (nSPS) is 15.7. The molecule has 1 N–H and O–H groups in total. The summed E-state index contributed by atoms with van der Waals surface area (Å²) < 4.78 is 2.30. The van der Waals surface area contributed by atoms with Gasteiger partial charge in [-0.15, -0.1) is 0 Å². The largest absolute Gasteiger partial charge is 0.326 e. The summed E-state index contributed by atoms with van der Waals surface area (Å²) in [6.07, 6.45) is 11.6. The van der Waals surface area contributed by atoms with Crippen LogP contribution in [0, 0.1) is 0 Å². The molecule has 1 aromatic heterocycles. The van der Waals surface area contributed by atoms with E-state index in [1.54, 1.807) is 0 Å². The van der Waals surface area contributed by atoms with Gasteiger partial charge < -0.3 is 9.88 Å². The molecule has 3 rings (SSSR count). The maximum absolute atomic E-state index is 4.47. The lowest BCUT2D eigenvalue weighted by Crippen LogP contribution is -2.07. The molecule has 0 atom stereocenters. The molecule has 20 heavy (non-hydrogen) atoms. The third kappa shape index (κ3) is 2.87. The Morgan fingerprint density at radius 1 is 1.20 bits per heavy atom. The Bertz CT molecular complexity index is 536. The van der Waals surface area contributed by atoms with Crippen LogP contribution in [-0.2, 0) is 6.42 Å². The molecule has 0 unspecified atom stereocenters. The van der Waals surface area contributed by atoms with Crippen LogP contribution in [0.5, 0.6) is 0 Å². The van der Waals surface area contributed by atoms with Crippen molar-refractivity contribution >= 4 is 11.6 Å². The van der Waals surface area contributed by atoms with Crippen molar-refractivity contribution in [1.29, 1.82) is 0 Å². The van der Waals surface area contributed by atoms with Crippen LogP contribution in [-0.4, -0.2) is 9.55 Å². The van der Waals surface area contributed by atoms with Crippen LogP contribution in [0.25, 0.3) is 0 Å². The summed E-state index contributed by atoms with van der Waals surface area (Å²) in [5.74, 6) is 0.972. The van der Waals surface area contributed by atoms with Crippen molar-refractivity contribution in [2.24, 2.45) is 0 Å². The van der Waals surface area contributed by atoms with Gasteiger partial charge in [-0.25, -0.2) is 4.98 Å². The standard InChI is InChI=1S/C17H23N3/c1-2-5-14-8-10-15(11-9-14)19-17-18-12-13-20(17)16-6-3-4-7-16/h8-13,16H,2-7H2,1H3,(H,18,19). The second kappa shape index (κ2) is 6.12. The summed E-state index contributed by atoms with van der Waals surface area (Å²) >= 11 is 0. The number of aromatic nitrogens is 2. The van der Waals surface area contributed by atoms with Crippen LogP contribution < -0.4 is 5.32 Å². The summed E-state index contributed by atoms with van der Waals surface area (Å²) in [5, 5.41) is 3.45. The fraction of sp³-hybridized carbons (Fsp3) is 0.471. The Balaban J connectivity index is 1.72. The van der Waals surface area contributed by atoms with Gasteiger partial charge in [0.05, 0.1) is 0 Å². The minimum Gasteiger partial charge on any atom is -0.326 e. The smallest absolute Gasteiger partial charge is 0.207 e. The number of nitrogens with zero attached hydrogens (tertiary/aromatic N) is 2. The molecule has 0 spiro atoms. The highest BCUT2D eigenvalue weighted by molar-refractivity contribution is 5.54. The van der Waals surface area contributed by atoms with Crippen molar-refractivity contribution in [2.45, 2.75) is 51.5 Å². The van der Waals surface area contributed by atoms with E-state index in [0.29, 0.717) is 6.04 Å². The maximum atomic E-state index is 4.47. The second-order valence-corrected chi connectivity index (χ2v) is 5.67. The molecular formula is C17H23N3. The molecule has 1 aliphatic rings. The van der Waals surface area contributed by atoms with Crippen molar-refractivity contribution in [2.75, 3.05) is 5.32 Å². The van der Waals surface area contributed by atoms with Crippen molar-refractivity contribution in [3.8, 4) is 0 Å². The number of anilines is 2. The van der Waals surface area contributed by atoms with Gasteiger partial charge in [0.2, 0.25) is 5.95 Å². The Morgan fingerprint density at radius 2 is 1.95 bits per heavy atom. The molecule has 0 amide bonds. The lowest BCUT2D eigenvalue weighted by molar-refractivity contribution is 0.525. The van der Waals surface area contributed by atoms with Crippen LogP contribution >= 0.6 is 0 Å². The van der Waals surface area contributed by atoms with E-state index in [9.17, 15) is 0 Å². The zero-order chi connectivity index (χ0) is 13.8. The number of benzene rings is 1. The average Bonchev–Trinajstić information content (AvgIpc) is 3.12. The van der Waals surface area contributed by atoms with E-state index < -0.39 is 0 Å². The first kappa shape index (κ1) is 13.2. The van der Waals surface area contributed by atoms with Gasteiger partial charge >= 0.3 is 0 Å². The van der Waals surface area contributed by atoms with E-state index in [2.05, 4.69) is 52.3 Å². The van der Waals surface area contributed by atoms with Gasteiger partial charge in [0.1, 0.15) is 0 Å². The van der Waals surface area contributed by atoms with Gasteiger partial charge in [0, 0.05) is 24.1 Å². The van der Waals surface area contributed by atoms with Gasteiger partial charge in [-0.3, -0.25) is 0 Å². The molecule has 3 heteroatoms. The number of hydrogen-bond acceptors (Lipinski definition) is 2. The highest BCUT2D eigenvalue weighted by Gasteiger charge is 2.19. The Hall–Kier alpha value is -1.77. The van der Waals surface area contributed by atoms with Gasteiger partial charge in [-0.2, -0.15) is 0 Å². The van der Waals surface area contributed by atoms with Crippen molar-refractivity contribution in [3.05, 3.63) is 42.2 Å². The Labute approximate surface area is 121 Å². The molecule has 1 saturated carbocycles. The molecule has 3 nitrogen and oxygen atoms in total. The summed E-state index contributed by atoms with van der Waals surface area (Å²) in [7, 11) is 0. The third-order valence-corrected chi connectivity index (χ3v) is 4.14. The fourth-order valence-electron chi connectivity index (χ4n) is 3.06. The van der Waals surface area contributed by atoms with Gasteiger partial charge in [0.15, 0.2) is 0 Å². The predicted octanol–water partition coefficient (Wildman–Crippen LogP) is 4.69. The topological polar surface area (TPSA) is 29.9 Å². The van der Waals surface area contributed by atoms with E-state index in [1.165, 1.54) is 37.7 Å². The first-order chi connectivity index (χ1) is 9.86. The minimum absolute atomic E-state index is 0.624. The number of imidazole rings is 1. The van der Waals surface area contributed by atoms with Crippen LogP contribution in [0.3, 0.4) is 0 Å². The minimum atomic E-state index is 0.624. The Kier molecular flexibility index (Phi) is 4.05. The summed E-state index contributed by atoms with van der Waals surface area (Å²) in [6.45, 7) is 2.21. The van der Waals surface area contributed by atoms with Crippen LogP contribution in [0.4, 0.5) is 11.6 Å². The molecule has 2 aromatic rings. The summed E-state index contributed by atoms with van der Waals surface area (Å²) in [5.41, 5.74) is 2.52. The SMILES string of the molecule is CCCc1ccc(Nc2nccn2C2CCCC2)cc1. The maximum Gasteiger partial charge on any atom is 0.207 e. The lowest BCUT2D eigenvalue weighted by atomic mass is 10.1. The predicted molar refractivity (Wildman–Crippen MR) is 83.5 cm³/mol. The average molecular weight is 269 g/mol. The first-order valence-electron chi connectivity index (χ1n) is 7.75. The molecule has 0 bridgehead atoms. The zero-order valence-corrected chi connectivity index (χ0v) is 12.2. The molecule has 0 saturated heterocycles. The molecule has 0 aliphatic heterocycles. The van der Waals surface area contributed by atoms with Gasteiger partial charge in [0.25, 0.3) is 0 Å². The monoisotopic (exact) mass is 269 g/mol. The summed E-state index contributed by atoms with van der Waals surface area (Å²) in [4.78, 5) is 4.47.